The van der Waals surface area contributed by atoms with Crippen LogP contribution in [0.3, 0.4) is 0 Å². The van der Waals surface area contributed by atoms with Crippen molar-refractivity contribution in [2.24, 2.45) is 0 Å². The molecule has 0 aliphatic heterocycles. The van der Waals surface area contributed by atoms with Crippen LogP contribution in [0.25, 0.3) is 28.3 Å². The van der Waals surface area contributed by atoms with Gasteiger partial charge in [0.25, 0.3) is 0 Å². The van der Waals surface area contributed by atoms with Crippen molar-refractivity contribution in [3.63, 3.8) is 0 Å². The zero-order valence-corrected chi connectivity index (χ0v) is 11.4. The van der Waals surface area contributed by atoms with Gasteiger partial charge in [-0.15, -0.1) is 0 Å². The molecule has 0 fully saturated rings. The molecule has 0 N–H and O–H groups in total. The first kappa shape index (κ1) is 12.5. The molecule has 98 valence electrons. The quantitative estimate of drug-likeness (QED) is 0.597. The highest BCUT2D eigenvalue weighted by Gasteiger charge is 2.08. The zero-order chi connectivity index (χ0) is 13.8. The fourth-order valence-corrected chi connectivity index (χ4v) is 2.42. The molecule has 0 saturated carbocycles. The van der Waals surface area contributed by atoms with Gasteiger partial charge in [-0.05, 0) is 46.0 Å². The Morgan fingerprint density at radius 1 is 0.750 bits per heavy atom. The Bertz CT molecular complexity index is 682. The van der Waals surface area contributed by atoms with Crippen LogP contribution in [-0.4, -0.2) is 7.11 Å². The van der Waals surface area contributed by atoms with Crippen molar-refractivity contribution in [3.8, 4) is 22.3 Å². The highest BCUT2D eigenvalue weighted by atomic mass is 16.5. The summed E-state index contributed by atoms with van der Waals surface area (Å²) in [5.41, 5.74) is 6.14. The Hall–Kier alpha value is -2.54. The van der Waals surface area contributed by atoms with Gasteiger partial charge in [-0.25, -0.2) is 0 Å². The Labute approximate surface area is 119 Å². The van der Waals surface area contributed by atoms with Crippen LogP contribution >= 0.6 is 0 Å². The van der Waals surface area contributed by atoms with Gasteiger partial charge in [0.15, 0.2) is 0 Å². The summed E-state index contributed by atoms with van der Waals surface area (Å²) in [6.45, 7) is 0. The first-order valence-electron chi connectivity index (χ1n) is 6.66. The predicted molar refractivity (Wildman–Crippen MR) is 84.5 cm³/mol. The largest absolute Gasteiger partial charge is 0.504 e. The van der Waals surface area contributed by atoms with Gasteiger partial charge in [-0.3, -0.25) is 0 Å². The van der Waals surface area contributed by atoms with Crippen LogP contribution < -0.4 is 0 Å². The van der Waals surface area contributed by atoms with Crippen LogP contribution in [0.1, 0.15) is 5.56 Å². The van der Waals surface area contributed by atoms with Gasteiger partial charge in [-0.2, -0.15) is 0 Å². The highest BCUT2D eigenvalue weighted by molar-refractivity contribution is 5.83. The van der Waals surface area contributed by atoms with Crippen LogP contribution in [0.4, 0.5) is 0 Å². The van der Waals surface area contributed by atoms with Gasteiger partial charge < -0.3 is 4.74 Å². The molecular formula is C19H16O. The third-order valence-corrected chi connectivity index (χ3v) is 3.38. The lowest BCUT2D eigenvalue weighted by Gasteiger charge is -2.03. The smallest absolute Gasteiger partial charge is 0.0830 e. The lowest BCUT2D eigenvalue weighted by Crippen LogP contribution is -1.80. The molecule has 1 aromatic carbocycles. The fourth-order valence-electron chi connectivity index (χ4n) is 2.42. The molecule has 0 unspecified atom stereocenters. The lowest BCUT2D eigenvalue weighted by molar-refractivity contribution is 0.341. The van der Waals surface area contributed by atoms with E-state index in [0.717, 1.165) is 5.56 Å². The van der Waals surface area contributed by atoms with E-state index >= 15 is 0 Å². The molecule has 0 atom stereocenters. The summed E-state index contributed by atoms with van der Waals surface area (Å²) in [4.78, 5) is 0. The molecule has 0 radical (unpaired) electrons. The minimum Gasteiger partial charge on any atom is -0.504 e. The molecular weight excluding hydrogens is 244 g/mol. The van der Waals surface area contributed by atoms with Crippen LogP contribution in [0.5, 0.6) is 0 Å². The number of rotatable bonds is 3. The molecule has 20 heavy (non-hydrogen) atoms. The molecule has 1 aromatic rings. The minimum absolute atomic E-state index is 1.16. The minimum atomic E-state index is 1.16. The summed E-state index contributed by atoms with van der Waals surface area (Å²) in [5, 5.41) is 0. The van der Waals surface area contributed by atoms with Crippen LogP contribution in [-0.2, 0) is 4.74 Å². The van der Waals surface area contributed by atoms with E-state index < -0.39 is 0 Å². The maximum absolute atomic E-state index is 5.03. The number of methoxy groups -OCH3 is 1. The third kappa shape index (κ3) is 2.43. The van der Waals surface area contributed by atoms with E-state index in [1.807, 2.05) is 12.1 Å². The zero-order valence-electron chi connectivity index (χ0n) is 11.4. The molecule has 0 aromatic heterocycles. The molecule has 0 bridgehead atoms. The molecule has 0 saturated heterocycles. The van der Waals surface area contributed by atoms with Gasteiger partial charge >= 0.3 is 0 Å². The fraction of sp³-hybridized carbons (Fsp3) is 0.0526. The van der Waals surface area contributed by atoms with Crippen molar-refractivity contribution in [1.82, 2.24) is 0 Å². The Kier molecular flexibility index (Phi) is 3.51. The van der Waals surface area contributed by atoms with Crippen LogP contribution in [0.2, 0.25) is 0 Å². The summed E-state index contributed by atoms with van der Waals surface area (Å²) in [7, 11) is 1.66. The molecule has 2 aliphatic carbocycles. The van der Waals surface area contributed by atoms with E-state index in [4.69, 9.17) is 4.74 Å². The monoisotopic (exact) mass is 260 g/mol. The number of hydrogen-bond donors (Lipinski definition) is 0. The third-order valence-electron chi connectivity index (χ3n) is 3.38. The van der Waals surface area contributed by atoms with Gasteiger partial charge in [0.2, 0.25) is 0 Å². The van der Waals surface area contributed by atoms with Crippen molar-refractivity contribution < 1.29 is 4.74 Å². The van der Waals surface area contributed by atoms with E-state index in [9.17, 15) is 0 Å². The number of fused-ring (bicyclic) bond motifs is 1. The predicted octanol–water partition coefficient (Wildman–Crippen LogP) is 5.08. The van der Waals surface area contributed by atoms with Gasteiger partial charge in [0.05, 0.1) is 13.4 Å². The number of ether oxygens (including phenoxy) is 1. The second-order valence-electron chi connectivity index (χ2n) is 4.69. The average Bonchev–Trinajstić information content (AvgIpc) is 2.76. The number of benzene rings is 1. The summed E-state index contributed by atoms with van der Waals surface area (Å²) < 4.78 is 5.03. The summed E-state index contributed by atoms with van der Waals surface area (Å²) in [6, 6.07) is 23.3. The maximum atomic E-state index is 5.03. The molecule has 3 rings (SSSR count). The summed E-state index contributed by atoms with van der Waals surface area (Å²) in [6.07, 6.45) is 3.70. The van der Waals surface area contributed by atoms with Crippen LogP contribution in [0.15, 0.2) is 73.0 Å². The standard InChI is InChI=1S/C19H16O/c1-20-12-11-15-7-5-6-10-19(15)18-13-16-8-3-2-4-9-17(16)14-18/h2-14H,1H3. The van der Waals surface area contributed by atoms with Gasteiger partial charge in [0.1, 0.15) is 0 Å². The molecule has 2 aliphatic rings. The normalized spacial score (nSPS) is 11.1. The molecule has 1 heteroatoms. The number of hydrogen-bond acceptors (Lipinski definition) is 1. The maximum Gasteiger partial charge on any atom is 0.0830 e. The Morgan fingerprint density at radius 2 is 1.40 bits per heavy atom. The lowest BCUT2D eigenvalue weighted by atomic mass is 10.0. The van der Waals surface area contributed by atoms with Crippen molar-refractivity contribution in [1.29, 1.82) is 0 Å². The van der Waals surface area contributed by atoms with Crippen molar-refractivity contribution in [2.75, 3.05) is 7.11 Å². The molecule has 1 nitrogen and oxygen atoms in total. The van der Waals surface area contributed by atoms with Gasteiger partial charge in [-0.1, -0.05) is 54.6 Å². The molecule has 0 spiro atoms. The second kappa shape index (κ2) is 5.62. The van der Waals surface area contributed by atoms with Crippen molar-refractivity contribution >= 4 is 6.08 Å². The van der Waals surface area contributed by atoms with Crippen LogP contribution in [0, 0.1) is 0 Å². The first-order chi connectivity index (χ1) is 9.88. The average molecular weight is 260 g/mol. The van der Waals surface area contributed by atoms with Gasteiger partial charge in [0, 0.05) is 0 Å². The summed E-state index contributed by atoms with van der Waals surface area (Å²) >= 11 is 0. The molecule has 0 heterocycles. The Balaban J connectivity index is 2.12. The van der Waals surface area contributed by atoms with Crippen molar-refractivity contribution in [3.05, 3.63) is 78.6 Å². The van der Waals surface area contributed by atoms with E-state index in [0.29, 0.717) is 0 Å². The Morgan fingerprint density at radius 3 is 2.10 bits per heavy atom. The first-order valence-corrected chi connectivity index (χ1v) is 6.66. The highest BCUT2D eigenvalue weighted by Crippen LogP contribution is 2.33. The van der Waals surface area contributed by atoms with E-state index in [1.165, 1.54) is 22.3 Å². The topological polar surface area (TPSA) is 9.23 Å². The van der Waals surface area contributed by atoms with E-state index in [1.54, 1.807) is 13.4 Å². The SMILES string of the molecule is COC=Cc1ccccc1-c1cc2cccccc-2c1. The second-order valence-corrected chi connectivity index (χ2v) is 4.69. The summed E-state index contributed by atoms with van der Waals surface area (Å²) in [5.74, 6) is 0. The van der Waals surface area contributed by atoms with E-state index in [-0.39, 0.29) is 0 Å². The van der Waals surface area contributed by atoms with E-state index in [2.05, 4.69) is 60.7 Å². The van der Waals surface area contributed by atoms with Crippen molar-refractivity contribution in [2.45, 2.75) is 0 Å². The molecule has 0 amide bonds.